The molecular formula is C10H16N2O7S2. The molecule has 1 heterocycles. The van der Waals surface area contributed by atoms with Gasteiger partial charge in [0.15, 0.2) is 0 Å². The lowest BCUT2D eigenvalue weighted by molar-refractivity contribution is 0.0691. The van der Waals surface area contributed by atoms with Crippen LogP contribution in [-0.4, -0.2) is 47.3 Å². The molecule has 9 nitrogen and oxygen atoms in total. The largest absolute Gasteiger partial charge is 0.478 e. The summed E-state index contributed by atoms with van der Waals surface area (Å²) in [5, 5.41) is 9.06. The van der Waals surface area contributed by atoms with Crippen molar-refractivity contribution in [2.75, 3.05) is 19.3 Å². The second-order valence-corrected chi connectivity index (χ2v) is 7.82. The van der Waals surface area contributed by atoms with Crippen LogP contribution in [0.1, 0.15) is 21.9 Å². The van der Waals surface area contributed by atoms with Gasteiger partial charge in [-0.15, -0.1) is 0 Å². The van der Waals surface area contributed by atoms with Crippen molar-refractivity contribution in [1.82, 2.24) is 9.44 Å². The Morgan fingerprint density at radius 3 is 2.10 bits per heavy atom. The van der Waals surface area contributed by atoms with Gasteiger partial charge in [-0.05, 0) is 13.8 Å². The highest BCUT2D eigenvalue weighted by molar-refractivity contribution is 7.89. The molecule has 3 N–H and O–H groups in total. The topological polar surface area (TPSA) is 143 Å². The number of hydrogen-bond donors (Lipinski definition) is 3. The first kappa shape index (κ1) is 17.6. The Morgan fingerprint density at radius 2 is 1.62 bits per heavy atom. The van der Waals surface area contributed by atoms with Gasteiger partial charge in [0.25, 0.3) is 0 Å². The van der Waals surface area contributed by atoms with E-state index in [-0.39, 0.29) is 24.6 Å². The molecule has 0 amide bonds. The van der Waals surface area contributed by atoms with E-state index in [0.717, 1.165) is 6.26 Å². The maximum Gasteiger partial charge on any atom is 0.340 e. The third-order valence-electron chi connectivity index (χ3n) is 2.47. The maximum atomic E-state index is 12.1. The summed E-state index contributed by atoms with van der Waals surface area (Å²) >= 11 is 0. The van der Waals surface area contributed by atoms with Crippen LogP contribution in [0.2, 0.25) is 0 Å². The van der Waals surface area contributed by atoms with E-state index >= 15 is 0 Å². The molecule has 0 saturated carbocycles. The Labute approximate surface area is 122 Å². The Balaban J connectivity index is 2.97. The van der Waals surface area contributed by atoms with Crippen molar-refractivity contribution in [2.24, 2.45) is 0 Å². The molecule has 1 aromatic heterocycles. The fourth-order valence-electron chi connectivity index (χ4n) is 1.73. The van der Waals surface area contributed by atoms with E-state index in [1.165, 1.54) is 13.8 Å². The molecule has 0 unspecified atom stereocenters. The van der Waals surface area contributed by atoms with Crippen LogP contribution in [0, 0.1) is 13.8 Å². The summed E-state index contributed by atoms with van der Waals surface area (Å²) in [6, 6.07) is 0. The molecule has 0 atom stereocenters. The van der Waals surface area contributed by atoms with Gasteiger partial charge in [0.2, 0.25) is 20.0 Å². The van der Waals surface area contributed by atoms with Gasteiger partial charge >= 0.3 is 5.97 Å². The van der Waals surface area contributed by atoms with E-state index in [1.54, 1.807) is 0 Å². The van der Waals surface area contributed by atoms with Crippen LogP contribution in [-0.2, 0) is 20.0 Å². The molecule has 0 bridgehead atoms. The number of rotatable bonds is 7. The van der Waals surface area contributed by atoms with Crippen LogP contribution in [0.4, 0.5) is 0 Å². The molecular weight excluding hydrogens is 324 g/mol. The van der Waals surface area contributed by atoms with Gasteiger partial charge in [-0.1, -0.05) is 0 Å². The predicted molar refractivity (Wildman–Crippen MR) is 73.2 cm³/mol. The van der Waals surface area contributed by atoms with Crippen LogP contribution in [0.5, 0.6) is 0 Å². The molecule has 0 spiro atoms. The lowest BCUT2D eigenvalue weighted by atomic mass is 10.2. The second-order valence-electron chi connectivity index (χ2n) is 4.29. The SMILES string of the molecule is Cc1oc(C)c(S(=O)(=O)NCCNS(C)(=O)=O)c1C(=O)O. The number of sulfonamides is 2. The summed E-state index contributed by atoms with van der Waals surface area (Å²) in [5.74, 6) is -1.48. The molecule has 0 aliphatic carbocycles. The van der Waals surface area contributed by atoms with E-state index in [0.29, 0.717) is 0 Å². The van der Waals surface area contributed by atoms with E-state index in [4.69, 9.17) is 9.52 Å². The molecule has 1 rings (SSSR count). The maximum absolute atomic E-state index is 12.1. The molecule has 1 aromatic rings. The minimum absolute atomic E-state index is 0.0189. The fraction of sp³-hybridized carbons (Fsp3) is 0.500. The fourth-order valence-corrected chi connectivity index (χ4v) is 3.64. The van der Waals surface area contributed by atoms with Gasteiger partial charge in [-0.2, -0.15) is 0 Å². The summed E-state index contributed by atoms with van der Waals surface area (Å²) in [6.45, 7) is 2.30. The molecule has 0 aromatic carbocycles. The van der Waals surface area contributed by atoms with Gasteiger partial charge in [-0.3, -0.25) is 0 Å². The van der Waals surface area contributed by atoms with Crippen LogP contribution in [0.15, 0.2) is 9.31 Å². The average Bonchev–Trinajstić information content (AvgIpc) is 2.59. The zero-order chi connectivity index (χ0) is 16.4. The molecule has 0 aliphatic heterocycles. The first-order valence-corrected chi connectivity index (χ1v) is 9.10. The summed E-state index contributed by atoms with van der Waals surface area (Å²) in [4.78, 5) is 10.7. The van der Waals surface area contributed by atoms with Crippen molar-refractivity contribution in [2.45, 2.75) is 18.7 Å². The van der Waals surface area contributed by atoms with Gasteiger partial charge in [0.1, 0.15) is 22.0 Å². The highest BCUT2D eigenvalue weighted by Crippen LogP contribution is 2.26. The smallest absolute Gasteiger partial charge is 0.340 e. The Morgan fingerprint density at radius 1 is 1.10 bits per heavy atom. The second kappa shape index (κ2) is 6.13. The Bertz CT molecular complexity index is 747. The molecule has 11 heteroatoms. The van der Waals surface area contributed by atoms with Gasteiger partial charge in [0.05, 0.1) is 6.26 Å². The monoisotopic (exact) mass is 340 g/mol. The van der Waals surface area contributed by atoms with Crippen LogP contribution in [0.25, 0.3) is 0 Å². The van der Waals surface area contributed by atoms with Gasteiger partial charge in [0, 0.05) is 13.1 Å². The van der Waals surface area contributed by atoms with Crippen molar-refractivity contribution >= 4 is 26.0 Å². The predicted octanol–water partition coefficient (Wildman–Crippen LogP) is -0.578. The third kappa shape index (κ3) is 4.52. The van der Waals surface area contributed by atoms with Crippen molar-refractivity contribution in [3.05, 3.63) is 17.1 Å². The van der Waals surface area contributed by atoms with Crippen molar-refractivity contribution in [1.29, 1.82) is 0 Å². The summed E-state index contributed by atoms with van der Waals surface area (Å²) < 4.78 is 55.2. The van der Waals surface area contributed by atoms with E-state index in [2.05, 4.69) is 9.44 Å². The standard InChI is InChI=1S/C10H16N2O7S2/c1-6-8(10(13)14)9(7(2)19-6)21(17,18)12-5-4-11-20(3,15)16/h11-12H,4-5H2,1-3H3,(H,13,14). The average molecular weight is 340 g/mol. The van der Waals surface area contributed by atoms with Crippen molar-refractivity contribution in [3.63, 3.8) is 0 Å². The van der Waals surface area contributed by atoms with E-state index in [1.807, 2.05) is 0 Å². The Hall–Kier alpha value is -1.43. The third-order valence-corrected chi connectivity index (χ3v) is 4.81. The number of carbonyl (C=O) groups is 1. The lowest BCUT2D eigenvalue weighted by Gasteiger charge is -2.07. The summed E-state index contributed by atoms with van der Waals surface area (Å²) in [5.41, 5.74) is -0.434. The highest BCUT2D eigenvalue weighted by atomic mass is 32.2. The number of aryl methyl sites for hydroxylation is 2. The minimum atomic E-state index is -4.12. The minimum Gasteiger partial charge on any atom is -0.478 e. The van der Waals surface area contributed by atoms with Crippen LogP contribution >= 0.6 is 0 Å². The number of carboxylic acid groups (broad SMARTS) is 1. The van der Waals surface area contributed by atoms with Gasteiger partial charge < -0.3 is 9.52 Å². The normalized spacial score (nSPS) is 12.5. The van der Waals surface area contributed by atoms with Gasteiger partial charge in [-0.25, -0.2) is 31.1 Å². The highest BCUT2D eigenvalue weighted by Gasteiger charge is 2.30. The zero-order valence-corrected chi connectivity index (χ0v) is 13.3. The lowest BCUT2D eigenvalue weighted by Crippen LogP contribution is -2.34. The summed E-state index contributed by atoms with van der Waals surface area (Å²) in [6.07, 6.45) is 0.938. The number of hydrogen-bond acceptors (Lipinski definition) is 6. The first-order chi connectivity index (χ1) is 9.46. The quantitative estimate of drug-likeness (QED) is 0.564. The van der Waals surface area contributed by atoms with Crippen LogP contribution < -0.4 is 9.44 Å². The number of aromatic carboxylic acids is 1. The zero-order valence-electron chi connectivity index (χ0n) is 11.6. The molecule has 21 heavy (non-hydrogen) atoms. The first-order valence-electron chi connectivity index (χ1n) is 5.73. The van der Waals surface area contributed by atoms with Crippen molar-refractivity contribution in [3.8, 4) is 0 Å². The number of furan rings is 1. The molecule has 0 saturated heterocycles. The summed E-state index contributed by atoms with van der Waals surface area (Å²) in [7, 11) is -7.55. The number of carboxylic acids is 1. The molecule has 0 aliphatic rings. The van der Waals surface area contributed by atoms with Crippen molar-refractivity contribution < 1.29 is 31.2 Å². The molecule has 0 fully saturated rings. The van der Waals surface area contributed by atoms with E-state index < -0.39 is 36.5 Å². The van der Waals surface area contributed by atoms with Crippen LogP contribution in [0.3, 0.4) is 0 Å². The number of nitrogens with one attached hydrogen (secondary N) is 2. The molecule has 0 radical (unpaired) electrons. The Kier molecular flexibility index (Phi) is 5.15. The molecule has 120 valence electrons. The van der Waals surface area contributed by atoms with E-state index in [9.17, 15) is 21.6 Å².